The number of hydrogen-bond donors (Lipinski definition) is 3. The second-order valence-corrected chi connectivity index (χ2v) is 6.94. The number of guanidine groups is 1. The lowest BCUT2D eigenvalue weighted by Crippen LogP contribution is -2.38. The lowest BCUT2D eigenvalue weighted by atomic mass is 10.0. The average molecular weight is 496 g/mol. The van der Waals surface area contributed by atoms with Crippen LogP contribution in [0.5, 0.6) is 0 Å². The first-order valence-electron chi connectivity index (χ1n) is 9.79. The molecule has 1 aromatic heterocycles. The number of nitrogens with one attached hydrogen (secondary N) is 2. The van der Waals surface area contributed by atoms with Crippen molar-refractivity contribution in [3.63, 3.8) is 0 Å². The fourth-order valence-electron chi connectivity index (χ4n) is 2.78. The van der Waals surface area contributed by atoms with Crippen LogP contribution >= 0.6 is 24.0 Å². The third-order valence-electron chi connectivity index (χ3n) is 4.44. The number of aliphatic imine (C=N–C) groups is 1. The molecular formula is C22H33IN4O. The molecular weight excluding hydrogens is 463 g/mol. The van der Waals surface area contributed by atoms with Crippen LogP contribution in [0.4, 0.5) is 0 Å². The first-order chi connectivity index (χ1) is 13.1. The van der Waals surface area contributed by atoms with E-state index in [-0.39, 0.29) is 24.0 Å². The second kappa shape index (κ2) is 13.5. The molecule has 0 saturated carbocycles. The number of benzene rings is 1. The highest BCUT2D eigenvalue weighted by molar-refractivity contribution is 14.0. The molecule has 0 aliphatic heterocycles. The van der Waals surface area contributed by atoms with E-state index in [1.54, 1.807) is 12.4 Å². The molecule has 28 heavy (non-hydrogen) atoms. The van der Waals surface area contributed by atoms with Gasteiger partial charge in [0, 0.05) is 25.5 Å². The van der Waals surface area contributed by atoms with Crippen LogP contribution in [0.2, 0.25) is 0 Å². The van der Waals surface area contributed by atoms with Crippen LogP contribution in [0.3, 0.4) is 0 Å². The number of aromatic nitrogens is 1. The summed E-state index contributed by atoms with van der Waals surface area (Å²) < 4.78 is 0. The Morgan fingerprint density at radius 2 is 1.71 bits per heavy atom. The predicted octanol–water partition coefficient (Wildman–Crippen LogP) is 4.04. The normalized spacial score (nSPS) is 12.4. The van der Waals surface area contributed by atoms with Crippen LogP contribution in [-0.4, -0.2) is 35.7 Å². The Hall–Kier alpha value is -1.67. The number of hydrogen-bond acceptors (Lipinski definition) is 3. The molecule has 1 unspecified atom stereocenters. The molecule has 1 heterocycles. The minimum absolute atomic E-state index is 0. The van der Waals surface area contributed by atoms with Crippen molar-refractivity contribution in [1.82, 2.24) is 15.6 Å². The zero-order valence-corrected chi connectivity index (χ0v) is 19.4. The average Bonchev–Trinajstić information content (AvgIpc) is 2.70. The maximum Gasteiger partial charge on any atom is 0.191 e. The van der Waals surface area contributed by atoms with E-state index in [4.69, 9.17) is 0 Å². The highest BCUT2D eigenvalue weighted by Gasteiger charge is 2.07. The van der Waals surface area contributed by atoms with E-state index < -0.39 is 6.10 Å². The molecule has 0 radical (unpaired) electrons. The zero-order chi connectivity index (χ0) is 19.5. The fourth-order valence-corrected chi connectivity index (χ4v) is 2.78. The second-order valence-electron chi connectivity index (χ2n) is 6.94. The van der Waals surface area contributed by atoms with Crippen molar-refractivity contribution in [3.05, 3.63) is 65.5 Å². The van der Waals surface area contributed by atoms with Crippen LogP contribution in [0.25, 0.3) is 0 Å². The molecule has 1 aromatic carbocycles. The third kappa shape index (κ3) is 8.56. The van der Waals surface area contributed by atoms with Crippen molar-refractivity contribution in [1.29, 1.82) is 0 Å². The monoisotopic (exact) mass is 496 g/mol. The molecule has 0 saturated heterocycles. The molecule has 2 aromatic rings. The summed E-state index contributed by atoms with van der Waals surface area (Å²) in [5.74, 6) is 1.31. The molecule has 0 spiro atoms. The summed E-state index contributed by atoms with van der Waals surface area (Å²) in [4.78, 5) is 8.46. The summed E-state index contributed by atoms with van der Waals surface area (Å²) in [5, 5.41) is 16.8. The van der Waals surface area contributed by atoms with Crippen molar-refractivity contribution in [3.8, 4) is 0 Å². The Bertz CT molecular complexity index is 689. The third-order valence-corrected chi connectivity index (χ3v) is 4.44. The summed E-state index contributed by atoms with van der Waals surface area (Å²) in [5.41, 5.74) is 3.57. The highest BCUT2D eigenvalue weighted by Crippen LogP contribution is 2.15. The SMILES string of the molecule is CCNC(=NCC(O)c1ccncc1)NCCCc1ccc(C(C)C)cc1.I. The first-order valence-corrected chi connectivity index (χ1v) is 9.79. The summed E-state index contributed by atoms with van der Waals surface area (Å²) in [6.07, 6.45) is 4.80. The minimum Gasteiger partial charge on any atom is -0.386 e. The van der Waals surface area contributed by atoms with Crippen molar-refractivity contribution >= 4 is 29.9 Å². The van der Waals surface area contributed by atoms with Gasteiger partial charge < -0.3 is 15.7 Å². The van der Waals surface area contributed by atoms with Crippen LogP contribution in [0, 0.1) is 0 Å². The molecule has 0 fully saturated rings. The van der Waals surface area contributed by atoms with Gasteiger partial charge in [0.1, 0.15) is 0 Å². The zero-order valence-electron chi connectivity index (χ0n) is 17.1. The van der Waals surface area contributed by atoms with Gasteiger partial charge in [-0.1, -0.05) is 38.1 Å². The Labute approximate surface area is 186 Å². The molecule has 6 heteroatoms. The molecule has 5 nitrogen and oxygen atoms in total. The number of aliphatic hydroxyl groups is 1. The first kappa shape index (κ1) is 24.4. The molecule has 1 atom stereocenters. The molecule has 154 valence electrons. The molecule has 3 N–H and O–H groups in total. The molecule has 0 bridgehead atoms. The van der Waals surface area contributed by atoms with Gasteiger partial charge in [-0.25, -0.2) is 0 Å². The molecule has 0 aliphatic carbocycles. The van der Waals surface area contributed by atoms with Gasteiger partial charge in [0.25, 0.3) is 0 Å². The number of aryl methyl sites for hydroxylation is 1. The van der Waals surface area contributed by atoms with Gasteiger partial charge in [-0.15, -0.1) is 24.0 Å². The number of nitrogens with zero attached hydrogens (tertiary/aromatic N) is 2. The van der Waals surface area contributed by atoms with E-state index in [1.807, 2.05) is 19.1 Å². The van der Waals surface area contributed by atoms with Crippen LogP contribution in [-0.2, 0) is 6.42 Å². The maximum atomic E-state index is 10.2. The number of rotatable bonds is 9. The van der Waals surface area contributed by atoms with Gasteiger partial charge in [0.15, 0.2) is 5.96 Å². The van der Waals surface area contributed by atoms with Gasteiger partial charge in [0.05, 0.1) is 12.6 Å². The standard InChI is InChI=1S/C22H32N4O.HI/c1-4-24-22(26-16-21(27)20-11-14-23-15-12-20)25-13-5-6-18-7-9-19(10-8-18)17(2)3;/h7-12,14-15,17,21,27H,4-6,13,16H2,1-3H3,(H2,24,25,26);1H. The summed E-state index contributed by atoms with van der Waals surface area (Å²) in [6, 6.07) is 12.5. The van der Waals surface area contributed by atoms with Gasteiger partial charge >= 0.3 is 0 Å². The summed E-state index contributed by atoms with van der Waals surface area (Å²) >= 11 is 0. The van der Waals surface area contributed by atoms with E-state index >= 15 is 0 Å². The van der Waals surface area contributed by atoms with E-state index in [2.05, 4.69) is 58.7 Å². The van der Waals surface area contributed by atoms with E-state index in [9.17, 15) is 5.11 Å². The number of halogens is 1. The lowest BCUT2D eigenvalue weighted by Gasteiger charge is -2.13. The lowest BCUT2D eigenvalue weighted by molar-refractivity contribution is 0.187. The van der Waals surface area contributed by atoms with Gasteiger partial charge in [-0.2, -0.15) is 0 Å². The van der Waals surface area contributed by atoms with Crippen molar-refractivity contribution in [2.45, 2.75) is 45.6 Å². The van der Waals surface area contributed by atoms with E-state index in [0.717, 1.165) is 37.5 Å². The van der Waals surface area contributed by atoms with Crippen LogP contribution in [0.15, 0.2) is 53.8 Å². The van der Waals surface area contributed by atoms with Gasteiger partial charge in [0.2, 0.25) is 0 Å². The summed E-state index contributed by atoms with van der Waals surface area (Å²) in [6.45, 7) is 8.40. The van der Waals surface area contributed by atoms with Crippen molar-refractivity contribution in [2.24, 2.45) is 4.99 Å². The van der Waals surface area contributed by atoms with Crippen molar-refractivity contribution < 1.29 is 5.11 Å². The predicted molar refractivity (Wildman–Crippen MR) is 127 cm³/mol. The Morgan fingerprint density at radius 1 is 1.04 bits per heavy atom. The number of pyridine rings is 1. The van der Waals surface area contributed by atoms with Crippen LogP contribution < -0.4 is 10.6 Å². The molecule has 0 amide bonds. The topological polar surface area (TPSA) is 69.5 Å². The Balaban J connectivity index is 0.00000392. The van der Waals surface area contributed by atoms with Gasteiger partial charge in [-0.05, 0) is 54.5 Å². The molecule has 2 rings (SSSR count). The quantitative estimate of drug-likeness (QED) is 0.212. The van der Waals surface area contributed by atoms with E-state index in [0.29, 0.717) is 12.5 Å². The maximum absolute atomic E-state index is 10.2. The number of aliphatic hydroxyl groups excluding tert-OH is 1. The van der Waals surface area contributed by atoms with Crippen molar-refractivity contribution in [2.75, 3.05) is 19.6 Å². The Kier molecular flexibility index (Phi) is 11.7. The highest BCUT2D eigenvalue weighted by atomic mass is 127. The smallest absolute Gasteiger partial charge is 0.191 e. The van der Waals surface area contributed by atoms with E-state index in [1.165, 1.54) is 11.1 Å². The largest absolute Gasteiger partial charge is 0.386 e. The minimum atomic E-state index is -0.622. The fraction of sp³-hybridized carbons (Fsp3) is 0.455. The van der Waals surface area contributed by atoms with Gasteiger partial charge in [-0.3, -0.25) is 9.98 Å². The summed E-state index contributed by atoms with van der Waals surface area (Å²) in [7, 11) is 0. The Morgan fingerprint density at radius 3 is 2.32 bits per heavy atom. The molecule has 0 aliphatic rings. The van der Waals surface area contributed by atoms with Crippen LogP contribution in [0.1, 0.15) is 55.9 Å².